The zero-order chi connectivity index (χ0) is 13.2. The Morgan fingerprint density at radius 2 is 2.16 bits per heavy atom. The highest BCUT2D eigenvalue weighted by atomic mass is 15.2. The standard InChI is InChI=1S/C15H18N4/c1-11-6-7-12-4-2-3-5-14(12)19(11)15-10-17-9-13(8-16)18-15/h2-5,9-11H,6-8,16H2,1H3. The number of anilines is 2. The van der Waals surface area contributed by atoms with E-state index >= 15 is 0 Å². The van der Waals surface area contributed by atoms with Crippen molar-refractivity contribution in [3.63, 3.8) is 0 Å². The van der Waals surface area contributed by atoms with Crippen LogP contribution in [0.4, 0.5) is 11.5 Å². The van der Waals surface area contributed by atoms with Crippen LogP contribution in [0.15, 0.2) is 36.7 Å². The lowest BCUT2D eigenvalue weighted by Crippen LogP contribution is -2.34. The lowest BCUT2D eigenvalue weighted by Gasteiger charge is -2.36. The summed E-state index contributed by atoms with van der Waals surface area (Å²) in [5.74, 6) is 0.891. The molecule has 3 rings (SSSR count). The third kappa shape index (κ3) is 2.19. The van der Waals surface area contributed by atoms with E-state index in [2.05, 4.69) is 46.1 Å². The first-order valence-corrected chi connectivity index (χ1v) is 6.67. The van der Waals surface area contributed by atoms with Gasteiger partial charge < -0.3 is 10.6 Å². The first-order chi connectivity index (χ1) is 9.29. The van der Waals surface area contributed by atoms with E-state index in [0.29, 0.717) is 12.6 Å². The van der Waals surface area contributed by atoms with Crippen LogP contribution >= 0.6 is 0 Å². The largest absolute Gasteiger partial charge is 0.325 e. The molecule has 1 aliphatic rings. The van der Waals surface area contributed by atoms with Gasteiger partial charge in [0, 0.05) is 24.5 Å². The number of hydrogen-bond acceptors (Lipinski definition) is 4. The Balaban J connectivity index is 2.07. The molecule has 0 bridgehead atoms. The molecule has 19 heavy (non-hydrogen) atoms. The molecular weight excluding hydrogens is 236 g/mol. The van der Waals surface area contributed by atoms with Gasteiger partial charge in [0.25, 0.3) is 0 Å². The van der Waals surface area contributed by atoms with Gasteiger partial charge in [-0.2, -0.15) is 0 Å². The average molecular weight is 254 g/mol. The van der Waals surface area contributed by atoms with Crippen molar-refractivity contribution in [1.29, 1.82) is 0 Å². The summed E-state index contributed by atoms with van der Waals surface area (Å²) in [7, 11) is 0. The van der Waals surface area contributed by atoms with Crippen molar-refractivity contribution in [2.75, 3.05) is 4.90 Å². The molecular formula is C15H18N4. The van der Waals surface area contributed by atoms with Crippen LogP contribution < -0.4 is 10.6 Å². The van der Waals surface area contributed by atoms with Gasteiger partial charge in [-0.1, -0.05) is 18.2 Å². The van der Waals surface area contributed by atoms with Crippen LogP contribution in [-0.2, 0) is 13.0 Å². The highest BCUT2D eigenvalue weighted by molar-refractivity contribution is 5.65. The molecule has 4 nitrogen and oxygen atoms in total. The predicted octanol–water partition coefficient (Wildman–Crippen LogP) is 2.41. The zero-order valence-corrected chi connectivity index (χ0v) is 11.1. The van der Waals surface area contributed by atoms with Crippen molar-refractivity contribution >= 4 is 11.5 Å². The minimum atomic E-state index is 0.421. The van der Waals surface area contributed by atoms with Crippen LogP contribution in [0.2, 0.25) is 0 Å². The van der Waals surface area contributed by atoms with E-state index in [1.807, 2.05) is 6.20 Å². The molecule has 0 saturated heterocycles. The Kier molecular flexibility index (Phi) is 3.17. The summed E-state index contributed by atoms with van der Waals surface area (Å²) in [5.41, 5.74) is 9.10. The van der Waals surface area contributed by atoms with Gasteiger partial charge in [0.05, 0.1) is 11.9 Å². The van der Waals surface area contributed by atoms with Gasteiger partial charge >= 0.3 is 0 Å². The Bertz CT molecular complexity index is 582. The minimum absolute atomic E-state index is 0.421. The molecule has 1 atom stereocenters. The second-order valence-electron chi connectivity index (χ2n) is 4.96. The molecule has 0 amide bonds. The Morgan fingerprint density at radius 3 is 3.00 bits per heavy atom. The molecule has 0 radical (unpaired) electrons. The molecule has 1 aromatic heterocycles. The van der Waals surface area contributed by atoms with Crippen LogP contribution in [0.25, 0.3) is 0 Å². The highest BCUT2D eigenvalue weighted by Crippen LogP contribution is 2.35. The van der Waals surface area contributed by atoms with Gasteiger partial charge in [-0.25, -0.2) is 4.98 Å². The van der Waals surface area contributed by atoms with Crippen molar-refractivity contribution < 1.29 is 0 Å². The van der Waals surface area contributed by atoms with Crippen molar-refractivity contribution in [2.24, 2.45) is 5.73 Å². The summed E-state index contributed by atoms with van der Waals surface area (Å²) in [6.45, 7) is 2.65. The lowest BCUT2D eigenvalue weighted by atomic mass is 9.97. The predicted molar refractivity (Wildman–Crippen MR) is 76.3 cm³/mol. The number of rotatable bonds is 2. The molecule has 2 aromatic rings. The molecule has 1 unspecified atom stereocenters. The molecule has 2 heterocycles. The fourth-order valence-corrected chi connectivity index (χ4v) is 2.65. The van der Waals surface area contributed by atoms with Crippen LogP contribution in [-0.4, -0.2) is 16.0 Å². The summed E-state index contributed by atoms with van der Waals surface area (Å²) in [4.78, 5) is 11.1. The van der Waals surface area contributed by atoms with Crippen LogP contribution in [0.5, 0.6) is 0 Å². The summed E-state index contributed by atoms with van der Waals surface area (Å²) < 4.78 is 0. The third-order valence-electron chi connectivity index (χ3n) is 3.65. The molecule has 0 spiro atoms. The van der Waals surface area contributed by atoms with Crippen LogP contribution in [0.3, 0.4) is 0 Å². The quantitative estimate of drug-likeness (QED) is 0.894. The maximum atomic E-state index is 5.66. The summed E-state index contributed by atoms with van der Waals surface area (Å²) in [6.07, 6.45) is 5.80. The summed E-state index contributed by atoms with van der Waals surface area (Å²) >= 11 is 0. The average Bonchev–Trinajstić information content (AvgIpc) is 2.47. The molecule has 1 aliphatic heterocycles. The highest BCUT2D eigenvalue weighted by Gasteiger charge is 2.25. The SMILES string of the molecule is CC1CCc2ccccc2N1c1cncc(CN)n1. The molecule has 1 aromatic carbocycles. The number of nitrogens with zero attached hydrogens (tertiary/aromatic N) is 3. The lowest BCUT2D eigenvalue weighted by molar-refractivity contribution is 0.611. The van der Waals surface area contributed by atoms with Gasteiger partial charge in [-0.05, 0) is 31.4 Å². The van der Waals surface area contributed by atoms with E-state index in [1.165, 1.54) is 11.3 Å². The van der Waals surface area contributed by atoms with Gasteiger partial charge in [0.2, 0.25) is 0 Å². The molecule has 0 fully saturated rings. The van der Waals surface area contributed by atoms with Crippen molar-refractivity contribution in [2.45, 2.75) is 32.4 Å². The van der Waals surface area contributed by atoms with Gasteiger partial charge in [0.15, 0.2) is 5.82 Å². The number of benzene rings is 1. The Labute approximate surface area is 113 Å². The molecule has 98 valence electrons. The first-order valence-electron chi connectivity index (χ1n) is 6.67. The molecule has 2 N–H and O–H groups in total. The van der Waals surface area contributed by atoms with Gasteiger partial charge in [0.1, 0.15) is 0 Å². The molecule has 0 aliphatic carbocycles. The first kappa shape index (κ1) is 12.1. The topological polar surface area (TPSA) is 55.0 Å². The normalized spacial score (nSPS) is 18.2. The van der Waals surface area contributed by atoms with Crippen molar-refractivity contribution in [3.8, 4) is 0 Å². The minimum Gasteiger partial charge on any atom is -0.325 e. The van der Waals surface area contributed by atoms with Crippen molar-refractivity contribution in [1.82, 2.24) is 9.97 Å². The number of aryl methyl sites for hydroxylation is 1. The Hall–Kier alpha value is -1.94. The monoisotopic (exact) mass is 254 g/mol. The number of hydrogen-bond donors (Lipinski definition) is 1. The smallest absolute Gasteiger partial charge is 0.152 e. The zero-order valence-electron chi connectivity index (χ0n) is 11.1. The molecule has 0 saturated carbocycles. The maximum Gasteiger partial charge on any atom is 0.152 e. The second kappa shape index (κ2) is 4.97. The number of aromatic nitrogens is 2. The number of fused-ring (bicyclic) bond motifs is 1. The maximum absolute atomic E-state index is 5.66. The van der Waals surface area contributed by atoms with Gasteiger partial charge in [-0.15, -0.1) is 0 Å². The fraction of sp³-hybridized carbons (Fsp3) is 0.333. The third-order valence-corrected chi connectivity index (χ3v) is 3.65. The number of para-hydroxylation sites is 1. The number of nitrogens with two attached hydrogens (primary N) is 1. The van der Waals surface area contributed by atoms with Crippen LogP contribution in [0, 0.1) is 0 Å². The second-order valence-corrected chi connectivity index (χ2v) is 4.96. The van der Waals surface area contributed by atoms with E-state index in [-0.39, 0.29) is 0 Å². The van der Waals surface area contributed by atoms with E-state index in [4.69, 9.17) is 5.73 Å². The Morgan fingerprint density at radius 1 is 1.32 bits per heavy atom. The van der Waals surface area contributed by atoms with E-state index < -0.39 is 0 Å². The van der Waals surface area contributed by atoms with E-state index in [1.54, 1.807) is 6.20 Å². The van der Waals surface area contributed by atoms with Crippen molar-refractivity contribution in [3.05, 3.63) is 47.9 Å². The van der Waals surface area contributed by atoms with E-state index in [0.717, 1.165) is 24.4 Å². The molecule has 4 heteroatoms. The van der Waals surface area contributed by atoms with Gasteiger partial charge in [-0.3, -0.25) is 4.98 Å². The summed E-state index contributed by atoms with van der Waals surface area (Å²) in [5, 5.41) is 0. The van der Waals surface area contributed by atoms with Crippen LogP contribution in [0.1, 0.15) is 24.6 Å². The van der Waals surface area contributed by atoms with E-state index in [9.17, 15) is 0 Å². The summed E-state index contributed by atoms with van der Waals surface area (Å²) in [6, 6.07) is 8.94. The fourth-order valence-electron chi connectivity index (χ4n) is 2.65.